The standard InChI is InChI=1S/C18H27F3N2O4S/c1-11-12(2)14(4)17(15(5)13(11)3)28(25,26)23-7-6-16(24)22-8-9-27-10-18(19,20)21/h23H,6-10H2,1-5H3,(H,22,24). The predicted molar refractivity (Wildman–Crippen MR) is 99.8 cm³/mol. The molecule has 0 saturated heterocycles. The van der Waals surface area contributed by atoms with E-state index in [0.717, 1.165) is 16.7 Å². The van der Waals surface area contributed by atoms with Gasteiger partial charge in [-0.05, 0) is 62.4 Å². The zero-order valence-electron chi connectivity index (χ0n) is 16.7. The van der Waals surface area contributed by atoms with E-state index in [9.17, 15) is 26.4 Å². The van der Waals surface area contributed by atoms with Crippen molar-refractivity contribution in [3.63, 3.8) is 0 Å². The van der Waals surface area contributed by atoms with Crippen molar-refractivity contribution in [1.29, 1.82) is 0 Å². The molecule has 0 atom stereocenters. The summed E-state index contributed by atoms with van der Waals surface area (Å²) in [6.07, 6.45) is -4.55. The van der Waals surface area contributed by atoms with Crippen LogP contribution in [0.25, 0.3) is 0 Å². The topological polar surface area (TPSA) is 84.5 Å². The van der Waals surface area contributed by atoms with Gasteiger partial charge < -0.3 is 10.1 Å². The SMILES string of the molecule is Cc1c(C)c(C)c(S(=O)(=O)NCCC(=O)NCCOCC(F)(F)F)c(C)c1C. The summed E-state index contributed by atoms with van der Waals surface area (Å²) >= 11 is 0. The van der Waals surface area contributed by atoms with Gasteiger partial charge in [0.25, 0.3) is 0 Å². The Balaban J connectivity index is 2.58. The van der Waals surface area contributed by atoms with Gasteiger partial charge in [0, 0.05) is 19.5 Å². The van der Waals surface area contributed by atoms with Crippen LogP contribution in [0.5, 0.6) is 0 Å². The normalized spacial score (nSPS) is 12.3. The van der Waals surface area contributed by atoms with Crippen LogP contribution in [0.15, 0.2) is 4.90 Å². The van der Waals surface area contributed by atoms with Gasteiger partial charge in [0.05, 0.1) is 11.5 Å². The van der Waals surface area contributed by atoms with Crippen molar-refractivity contribution in [2.75, 3.05) is 26.3 Å². The number of carbonyl (C=O) groups excluding carboxylic acids is 1. The van der Waals surface area contributed by atoms with Crippen molar-refractivity contribution in [3.8, 4) is 0 Å². The maximum absolute atomic E-state index is 12.7. The number of ether oxygens (including phenoxy) is 1. The highest BCUT2D eigenvalue weighted by molar-refractivity contribution is 7.89. The van der Waals surface area contributed by atoms with Crippen molar-refractivity contribution in [2.45, 2.75) is 52.1 Å². The molecule has 1 amide bonds. The van der Waals surface area contributed by atoms with Crippen molar-refractivity contribution >= 4 is 15.9 Å². The lowest BCUT2D eigenvalue weighted by Crippen LogP contribution is -2.33. The molecule has 1 aromatic carbocycles. The third-order valence-corrected chi connectivity index (χ3v) is 6.41. The Labute approximate surface area is 163 Å². The lowest BCUT2D eigenvalue weighted by atomic mass is 9.95. The minimum absolute atomic E-state index is 0.0871. The second-order valence-electron chi connectivity index (χ2n) is 6.62. The number of benzene rings is 1. The molecule has 0 aromatic heterocycles. The fourth-order valence-corrected chi connectivity index (χ4v) is 4.41. The Morgan fingerprint density at radius 1 is 0.929 bits per heavy atom. The van der Waals surface area contributed by atoms with E-state index in [1.54, 1.807) is 13.8 Å². The number of amides is 1. The van der Waals surface area contributed by atoms with E-state index in [1.165, 1.54) is 0 Å². The second kappa shape index (κ2) is 9.71. The quantitative estimate of drug-likeness (QED) is 0.597. The monoisotopic (exact) mass is 424 g/mol. The molecule has 0 heterocycles. The number of sulfonamides is 1. The van der Waals surface area contributed by atoms with Crippen LogP contribution >= 0.6 is 0 Å². The first-order valence-corrected chi connectivity index (χ1v) is 10.2. The van der Waals surface area contributed by atoms with Crippen LogP contribution < -0.4 is 10.0 Å². The maximum Gasteiger partial charge on any atom is 0.411 e. The summed E-state index contributed by atoms with van der Waals surface area (Å²) in [5.74, 6) is -0.483. The van der Waals surface area contributed by atoms with Gasteiger partial charge in [-0.25, -0.2) is 13.1 Å². The number of carbonyl (C=O) groups is 1. The minimum Gasteiger partial charge on any atom is -0.370 e. The fraction of sp³-hybridized carbons (Fsp3) is 0.611. The van der Waals surface area contributed by atoms with Gasteiger partial charge in [-0.1, -0.05) is 0 Å². The summed E-state index contributed by atoms with van der Waals surface area (Å²) in [6, 6.07) is 0. The predicted octanol–water partition coefficient (Wildman–Crippen LogP) is 2.59. The van der Waals surface area contributed by atoms with Gasteiger partial charge in [-0.15, -0.1) is 0 Å². The summed E-state index contributed by atoms with van der Waals surface area (Å²) in [5, 5.41) is 2.38. The molecular formula is C18H27F3N2O4S. The first kappa shape index (κ1) is 24.4. The molecule has 1 rings (SSSR count). The molecule has 6 nitrogen and oxygen atoms in total. The molecule has 0 aliphatic carbocycles. The molecular weight excluding hydrogens is 397 g/mol. The summed E-state index contributed by atoms with van der Waals surface area (Å²) in [6.45, 7) is 7.30. The van der Waals surface area contributed by atoms with Crippen LogP contribution in [0.4, 0.5) is 13.2 Å². The Bertz CT molecular complexity index is 792. The zero-order chi connectivity index (χ0) is 21.7. The molecule has 0 aliphatic rings. The van der Waals surface area contributed by atoms with E-state index in [-0.39, 0.29) is 31.0 Å². The molecule has 1 aromatic rings. The van der Waals surface area contributed by atoms with Crippen molar-refractivity contribution in [3.05, 3.63) is 27.8 Å². The van der Waals surface area contributed by atoms with Crippen LogP contribution in [0.3, 0.4) is 0 Å². The molecule has 0 bridgehead atoms. The van der Waals surface area contributed by atoms with E-state index in [1.807, 2.05) is 20.8 Å². The first-order chi connectivity index (χ1) is 12.8. The van der Waals surface area contributed by atoms with Gasteiger partial charge >= 0.3 is 6.18 Å². The largest absolute Gasteiger partial charge is 0.411 e. The molecule has 28 heavy (non-hydrogen) atoms. The molecule has 0 saturated carbocycles. The average molecular weight is 424 g/mol. The summed E-state index contributed by atoms with van der Waals surface area (Å²) in [4.78, 5) is 11.9. The summed E-state index contributed by atoms with van der Waals surface area (Å²) < 4.78 is 67.9. The van der Waals surface area contributed by atoms with Gasteiger partial charge in [0.2, 0.25) is 15.9 Å². The number of hydrogen-bond donors (Lipinski definition) is 2. The van der Waals surface area contributed by atoms with Crippen molar-refractivity contribution < 1.29 is 31.1 Å². The molecule has 0 unspecified atom stereocenters. The molecule has 0 aliphatic heterocycles. The maximum atomic E-state index is 12.7. The Morgan fingerprint density at radius 3 is 1.93 bits per heavy atom. The van der Waals surface area contributed by atoms with Gasteiger partial charge in [-0.2, -0.15) is 13.2 Å². The van der Waals surface area contributed by atoms with E-state index in [0.29, 0.717) is 11.1 Å². The Hall–Kier alpha value is -1.65. The number of nitrogens with one attached hydrogen (secondary N) is 2. The highest BCUT2D eigenvalue weighted by Gasteiger charge is 2.27. The molecule has 0 spiro atoms. The zero-order valence-corrected chi connectivity index (χ0v) is 17.5. The van der Waals surface area contributed by atoms with E-state index < -0.39 is 28.7 Å². The summed E-state index contributed by atoms with van der Waals surface area (Å²) in [7, 11) is -3.80. The number of hydrogen-bond acceptors (Lipinski definition) is 4. The highest BCUT2D eigenvalue weighted by Crippen LogP contribution is 2.29. The first-order valence-electron chi connectivity index (χ1n) is 8.75. The molecule has 0 fully saturated rings. The number of rotatable bonds is 9. The molecule has 10 heteroatoms. The van der Waals surface area contributed by atoms with Crippen LogP contribution in [0, 0.1) is 34.6 Å². The number of halogens is 3. The lowest BCUT2D eigenvalue weighted by molar-refractivity contribution is -0.173. The van der Waals surface area contributed by atoms with Crippen LogP contribution in [-0.4, -0.2) is 46.8 Å². The van der Waals surface area contributed by atoms with Gasteiger partial charge in [0.15, 0.2) is 0 Å². The Kier molecular flexibility index (Phi) is 8.45. The van der Waals surface area contributed by atoms with E-state index in [2.05, 4.69) is 14.8 Å². The smallest absolute Gasteiger partial charge is 0.370 e. The van der Waals surface area contributed by atoms with Crippen LogP contribution in [0.1, 0.15) is 34.2 Å². The highest BCUT2D eigenvalue weighted by atomic mass is 32.2. The van der Waals surface area contributed by atoms with Crippen LogP contribution in [-0.2, 0) is 19.6 Å². The van der Waals surface area contributed by atoms with E-state index >= 15 is 0 Å². The average Bonchev–Trinajstić information content (AvgIpc) is 2.56. The van der Waals surface area contributed by atoms with E-state index in [4.69, 9.17) is 0 Å². The molecule has 2 N–H and O–H groups in total. The fourth-order valence-electron chi connectivity index (χ4n) is 2.78. The third-order valence-electron chi connectivity index (χ3n) is 4.68. The molecule has 0 radical (unpaired) electrons. The second-order valence-corrected chi connectivity index (χ2v) is 8.32. The number of alkyl halides is 3. The minimum atomic E-state index is -4.41. The third kappa shape index (κ3) is 6.75. The Morgan fingerprint density at radius 2 is 1.43 bits per heavy atom. The van der Waals surface area contributed by atoms with Crippen LogP contribution in [0.2, 0.25) is 0 Å². The lowest BCUT2D eigenvalue weighted by Gasteiger charge is -2.19. The van der Waals surface area contributed by atoms with Gasteiger partial charge in [-0.3, -0.25) is 4.79 Å². The molecule has 160 valence electrons. The van der Waals surface area contributed by atoms with Crippen molar-refractivity contribution in [1.82, 2.24) is 10.0 Å². The summed E-state index contributed by atoms with van der Waals surface area (Å²) in [5.41, 5.74) is 4.18. The van der Waals surface area contributed by atoms with Crippen molar-refractivity contribution in [2.24, 2.45) is 0 Å². The van der Waals surface area contributed by atoms with Gasteiger partial charge in [0.1, 0.15) is 6.61 Å².